The number of aromatic nitrogens is 2. The Morgan fingerprint density at radius 3 is 3.08 bits per heavy atom. The first-order valence-electron chi connectivity index (χ1n) is 8.41. The van der Waals surface area contributed by atoms with E-state index in [1.54, 1.807) is 0 Å². The van der Waals surface area contributed by atoms with Crippen molar-refractivity contribution in [3.05, 3.63) is 53.1 Å². The molecule has 0 spiro atoms. The SMILES string of the molecule is CCn1ccnc1CN[C@@H]1CC(=O)N(CCc2cccc(Cl)c2)C1. The van der Waals surface area contributed by atoms with E-state index < -0.39 is 0 Å². The average Bonchev–Trinajstić information content (AvgIpc) is 3.17. The summed E-state index contributed by atoms with van der Waals surface area (Å²) in [4.78, 5) is 18.5. The van der Waals surface area contributed by atoms with E-state index >= 15 is 0 Å². The zero-order valence-electron chi connectivity index (χ0n) is 13.9. The van der Waals surface area contributed by atoms with Crippen LogP contribution >= 0.6 is 11.6 Å². The van der Waals surface area contributed by atoms with Crippen LogP contribution in [0.25, 0.3) is 0 Å². The van der Waals surface area contributed by atoms with Crippen LogP contribution in [0.4, 0.5) is 0 Å². The summed E-state index contributed by atoms with van der Waals surface area (Å²) in [6, 6.07) is 8.02. The van der Waals surface area contributed by atoms with Crippen molar-refractivity contribution in [3.8, 4) is 0 Å². The molecule has 0 unspecified atom stereocenters. The highest BCUT2D eigenvalue weighted by atomic mass is 35.5. The topological polar surface area (TPSA) is 50.2 Å². The van der Waals surface area contributed by atoms with Crippen LogP contribution in [0.5, 0.6) is 0 Å². The van der Waals surface area contributed by atoms with Gasteiger partial charge in [0.25, 0.3) is 0 Å². The first-order chi connectivity index (χ1) is 11.7. The van der Waals surface area contributed by atoms with E-state index in [1.165, 1.54) is 0 Å². The highest BCUT2D eigenvalue weighted by Gasteiger charge is 2.28. The van der Waals surface area contributed by atoms with E-state index in [0.717, 1.165) is 42.5 Å². The first kappa shape index (κ1) is 17.0. The zero-order valence-corrected chi connectivity index (χ0v) is 14.7. The van der Waals surface area contributed by atoms with E-state index in [1.807, 2.05) is 41.6 Å². The van der Waals surface area contributed by atoms with Crippen LogP contribution in [-0.2, 0) is 24.3 Å². The maximum absolute atomic E-state index is 12.2. The number of hydrogen-bond donors (Lipinski definition) is 1. The fraction of sp³-hybridized carbons (Fsp3) is 0.444. The number of carbonyl (C=O) groups is 1. The molecule has 6 heteroatoms. The molecule has 0 aliphatic carbocycles. The summed E-state index contributed by atoms with van der Waals surface area (Å²) in [5.74, 6) is 1.23. The molecule has 5 nitrogen and oxygen atoms in total. The molecule has 24 heavy (non-hydrogen) atoms. The maximum Gasteiger partial charge on any atom is 0.224 e. The summed E-state index contributed by atoms with van der Waals surface area (Å²) in [5, 5.41) is 4.20. The zero-order chi connectivity index (χ0) is 16.9. The molecule has 1 atom stereocenters. The molecule has 2 heterocycles. The van der Waals surface area contributed by atoms with Crippen molar-refractivity contribution < 1.29 is 4.79 Å². The molecule has 0 saturated carbocycles. The number of nitrogens with zero attached hydrogens (tertiary/aromatic N) is 3. The van der Waals surface area contributed by atoms with Gasteiger partial charge in [0.1, 0.15) is 5.82 Å². The van der Waals surface area contributed by atoms with Crippen LogP contribution in [0, 0.1) is 0 Å². The molecule has 1 aromatic carbocycles. The summed E-state index contributed by atoms with van der Waals surface area (Å²) < 4.78 is 2.11. The predicted octanol–water partition coefficient (Wildman–Crippen LogP) is 2.49. The Kier molecular flexibility index (Phi) is 5.53. The summed E-state index contributed by atoms with van der Waals surface area (Å²) in [6.07, 6.45) is 5.19. The third-order valence-electron chi connectivity index (χ3n) is 4.47. The lowest BCUT2D eigenvalue weighted by Crippen LogP contribution is -2.34. The molecular formula is C18H23ClN4O. The van der Waals surface area contributed by atoms with Crippen LogP contribution in [-0.4, -0.2) is 39.5 Å². The van der Waals surface area contributed by atoms with E-state index in [0.29, 0.717) is 13.0 Å². The van der Waals surface area contributed by atoms with E-state index in [9.17, 15) is 4.79 Å². The van der Waals surface area contributed by atoms with Gasteiger partial charge in [-0.2, -0.15) is 0 Å². The van der Waals surface area contributed by atoms with Gasteiger partial charge in [-0.25, -0.2) is 4.98 Å². The number of aryl methyl sites for hydroxylation is 1. The molecular weight excluding hydrogens is 324 g/mol. The van der Waals surface area contributed by atoms with Crippen molar-refractivity contribution in [1.29, 1.82) is 0 Å². The van der Waals surface area contributed by atoms with Gasteiger partial charge in [0.05, 0.1) is 6.54 Å². The van der Waals surface area contributed by atoms with Gasteiger partial charge in [-0.05, 0) is 31.0 Å². The minimum atomic E-state index is 0.193. The summed E-state index contributed by atoms with van der Waals surface area (Å²) in [7, 11) is 0. The third-order valence-corrected chi connectivity index (χ3v) is 4.70. The number of likely N-dealkylation sites (tertiary alicyclic amines) is 1. The van der Waals surface area contributed by atoms with Crippen LogP contribution in [0.3, 0.4) is 0 Å². The molecule has 1 amide bonds. The Morgan fingerprint density at radius 1 is 1.42 bits per heavy atom. The molecule has 0 bridgehead atoms. The van der Waals surface area contributed by atoms with Crippen LogP contribution in [0.2, 0.25) is 5.02 Å². The molecule has 1 aliphatic heterocycles. The largest absolute Gasteiger partial charge is 0.341 e. The highest BCUT2D eigenvalue weighted by molar-refractivity contribution is 6.30. The van der Waals surface area contributed by atoms with Crippen molar-refractivity contribution in [2.45, 2.75) is 38.9 Å². The number of amides is 1. The van der Waals surface area contributed by atoms with E-state index in [-0.39, 0.29) is 11.9 Å². The van der Waals surface area contributed by atoms with Crippen LogP contribution in [0.1, 0.15) is 24.7 Å². The summed E-state index contributed by atoms with van der Waals surface area (Å²) in [6.45, 7) is 5.20. The standard InChI is InChI=1S/C18H23ClN4O/c1-2-22-9-7-20-17(22)12-21-16-11-18(24)23(13-16)8-6-14-4-3-5-15(19)10-14/h3-5,7,9-10,16,21H,2,6,8,11-13H2,1H3/t16-/m1/s1. The molecule has 1 aromatic heterocycles. The highest BCUT2D eigenvalue weighted by Crippen LogP contribution is 2.15. The van der Waals surface area contributed by atoms with Gasteiger partial charge in [0.15, 0.2) is 0 Å². The fourth-order valence-electron chi connectivity index (χ4n) is 3.11. The Bertz CT molecular complexity index is 700. The molecule has 0 radical (unpaired) electrons. The lowest BCUT2D eigenvalue weighted by Gasteiger charge is -2.17. The third kappa shape index (κ3) is 4.16. The maximum atomic E-state index is 12.2. The van der Waals surface area contributed by atoms with Gasteiger partial charge >= 0.3 is 0 Å². The number of hydrogen-bond acceptors (Lipinski definition) is 3. The van der Waals surface area contributed by atoms with E-state index in [2.05, 4.69) is 21.8 Å². The number of halogens is 1. The van der Waals surface area contributed by atoms with E-state index in [4.69, 9.17) is 11.6 Å². The molecule has 1 saturated heterocycles. The van der Waals surface area contributed by atoms with Crippen molar-refractivity contribution in [2.24, 2.45) is 0 Å². The lowest BCUT2D eigenvalue weighted by molar-refractivity contribution is -0.127. The Balaban J connectivity index is 1.48. The van der Waals surface area contributed by atoms with Crippen molar-refractivity contribution in [3.63, 3.8) is 0 Å². The quantitative estimate of drug-likeness (QED) is 0.838. The van der Waals surface area contributed by atoms with Gasteiger partial charge in [-0.1, -0.05) is 23.7 Å². The first-order valence-corrected chi connectivity index (χ1v) is 8.79. The normalized spacial score (nSPS) is 17.7. The minimum absolute atomic E-state index is 0.193. The number of nitrogens with one attached hydrogen (secondary N) is 1. The Morgan fingerprint density at radius 2 is 2.29 bits per heavy atom. The minimum Gasteiger partial charge on any atom is -0.341 e. The van der Waals surface area contributed by atoms with Crippen molar-refractivity contribution in [2.75, 3.05) is 13.1 Å². The molecule has 2 aromatic rings. The second-order valence-electron chi connectivity index (χ2n) is 6.13. The summed E-state index contributed by atoms with van der Waals surface area (Å²) >= 11 is 6.01. The average molecular weight is 347 g/mol. The van der Waals surface area contributed by atoms with Gasteiger partial charge in [-0.3, -0.25) is 4.79 Å². The van der Waals surface area contributed by atoms with Crippen LogP contribution in [0.15, 0.2) is 36.7 Å². The smallest absolute Gasteiger partial charge is 0.224 e. The van der Waals surface area contributed by atoms with Crippen molar-refractivity contribution >= 4 is 17.5 Å². The predicted molar refractivity (Wildman–Crippen MR) is 94.9 cm³/mol. The fourth-order valence-corrected chi connectivity index (χ4v) is 3.33. The number of carbonyl (C=O) groups excluding carboxylic acids is 1. The molecule has 1 fully saturated rings. The van der Waals surface area contributed by atoms with Crippen molar-refractivity contribution in [1.82, 2.24) is 19.8 Å². The molecule has 128 valence electrons. The number of benzene rings is 1. The Labute approximate surface area is 147 Å². The lowest BCUT2D eigenvalue weighted by atomic mass is 10.1. The van der Waals surface area contributed by atoms with Crippen LogP contribution < -0.4 is 5.32 Å². The van der Waals surface area contributed by atoms with Gasteiger partial charge < -0.3 is 14.8 Å². The second kappa shape index (κ2) is 7.81. The molecule has 1 N–H and O–H groups in total. The van der Waals surface area contributed by atoms with Gasteiger partial charge in [0, 0.05) is 49.5 Å². The van der Waals surface area contributed by atoms with Gasteiger partial charge in [0.2, 0.25) is 5.91 Å². The molecule has 1 aliphatic rings. The van der Waals surface area contributed by atoms with Gasteiger partial charge in [-0.15, -0.1) is 0 Å². The monoisotopic (exact) mass is 346 g/mol. The number of rotatable bonds is 7. The summed E-state index contributed by atoms with van der Waals surface area (Å²) in [5.41, 5.74) is 1.16. The second-order valence-corrected chi connectivity index (χ2v) is 6.57. The number of imidazole rings is 1. The Hall–Kier alpha value is -1.85. The molecule has 3 rings (SSSR count).